The molecule has 0 amide bonds. The summed E-state index contributed by atoms with van der Waals surface area (Å²) in [5.74, 6) is 0.249. The number of piperidine rings is 1. The van der Waals surface area contributed by atoms with Crippen molar-refractivity contribution in [2.75, 3.05) is 6.54 Å². The van der Waals surface area contributed by atoms with Crippen LogP contribution in [0, 0.1) is 20.8 Å². The highest BCUT2D eigenvalue weighted by Crippen LogP contribution is 2.29. The number of benzene rings is 1. The molecule has 1 aromatic carbocycles. The van der Waals surface area contributed by atoms with Gasteiger partial charge in [0.25, 0.3) is 0 Å². The van der Waals surface area contributed by atoms with Crippen LogP contribution in [-0.2, 0) is 22.2 Å². The lowest BCUT2D eigenvalue weighted by atomic mass is 9.99. The molecule has 4 nitrogen and oxygen atoms in total. The lowest BCUT2D eigenvalue weighted by molar-refractivity contribution is -0.117. The van der Waals surface area contributed by atoms with Gasteiger partial charge in [-0.3, -0.25) is 4.98 Å². The molecule has 0 radical (unpaired) electrons. The minimum absolute atomic E-state index is 0.249. The topological polar surface area (TPSA) is 50.3 Å². The van der Waals surface area contributed by atoms with Crippen LogP contribution < -0.4 is 0 Å². The van der Waals surface area contributed by atoms with Gasteiger partial charge in [-0.25, -0.2) is 8.51 Å². The Bertz CT molecular complexity index is 1130. The second-order valence-corrected chi connectivity index (χ2v) is 13.2. The quantitative estimate of drug-likeness (QED) is 0.234. The van der Waals surface area contributed by atoms with E-state index in [9.17, 15) is 9.00 Å². The van der Waals surface area contributed by atoms with Crippen LogP contribution in [0.15, 0.2) is 64.9 Å². The van der Waals surface area contributed by atoms with Crippen LogP contribution in [0.5, 0.6) is 0 Å². The number of allylic oxidation sites excluding steroid dienone is 4. The summed E-state index contributed by atoms with van der Waals surface area (Å²) in [6.07, 6.45) is 18.8. The van der Waals surface area contributed by atoms with Crippen molar-refractivity contribution in [3.63, 3.8) is 0 Å². The van der Waals surface area contributed by atoms with E-state index in [0.717, 1.165) is 61.1 Å². The van der Waals surface area contributed by atoms with Crippen molar-refractivity contribution < 1.29 is 9.00 Å². The Kier molecular flexibility index (Phi) is 23.6. The summed E-state index contributed by atoms with van der Waals surface area (Å²) in [6, 6.07) is 8.67. The van der Waals surface area contributed by atoms with Gasteiger partial charge in [0.15, 0.2) is 0 Å². The number of pyridine rings is 1. The molecule has 0 N–H and O–H groups in total. The van der Waals surface area contributed by atoms with E-state index in [1.54, 1.807) is 6.92 Å². The maximum atomic E-state index is 13.2. The molecule has 1 fully saturated rings. The number of hydrogen-bond donors (Lipinski definition) is 0. The number of aromatic nitrogens is 1. The first-order valence-electron chi connectivity index (χ1n) is 17.0. The van der Waals surface area contributed by atoms with Crippen LogP contribution in [0.3, 0.4) is 0 Å². The zero-order valence-electron chi connectivity index (χ0n) is 30.1. The number of carbonyl (C=O) groups excluding carboxylic acids is 1. The van der Waals surface area contributed by atoms with Crippen molar-refractivity contribution >= 4 is 16.8 Å². The number of nitrogens with zero attached hydrogens (tertiary/aromatic N) is 2. The molecule has 2 atom stereocenters. The number of rotatable bonds is 11. The first kappa shape index (κ1) is 41.6. The molecule has 0 bridgehead atoms. The number of ketones is 1. The predicted octanol–water partition coefficient (Wildman–Crippen LogP) is 11.0. The van der Waals surface area contributed by atoms with Crippen molar-refractivity contribution in [3.8, 4) is 0 Å². The summed E-state index contributed by atoms with van der Waals surface area (Å²) in [5.41, 5.74) is 7.52. The SMILES string of the molecule is CC.CC(=O)CCCC1CCCCN1S(=O)c1c(C)cc(C)cc1C.CC/C(C)=C/C=C(\C)Cc1cccnc1.CCCC. The molecular weight excluding hydrogens is 561 g/mol. The Morgan fingerprint density at radius 3 is 2.11 bits per heavy atom. The summed E-state index contributed by atoms with van der Waals surface area (Å²) in [5, 5.41) is 0. The van der Waals surface area contributed by atoms with Crippen LogP contribution in [0.25, 0.3) is 0 Å². The number of Topliss-reactive ketones (excluding diaryl/α,β-unsaturated/α-hetero) is 1. The average Bonchev–Trinajstić information content (AvgIpc) is 3.01. The molecule has 1 aliphatic rings. The molecule has 5 heteroatoms. The van der Waals surface area contributed by atoms with Gasteiger partial charge in [-0.05, 0) is 103 Å². The minimum Gasteiger partial charge on any atom is -0.300 e. The number of hydrogen-bond acceptors (Lipinski definition) is 3. The fourth-order valence-electron chi connectivity index (χ4n) is 4.91. The summed E-state index contributed by atoms with van der Waals surface area (Å²) in [7, 11) is -1.10. The fraction of sp³-hybridized carbons (Fsp3) is 0.590. The third-order valence-electron chi connectivity index (χ3n) is 7.55. The monoisotopic (exact) mass is 624 g/mol. The molecule has 0 saturated carbocycles. The Hall–Kier alpha value is -2.37. The lowest BCUT2D eigenvalue weighted by Crippen LogP contribution is -2.41. The number of unbranched alkanes of at least 4 members (excludes halogenated alkanes) is 1. The molecule has 2 aromatic rings. The smallest absolute Gasteiger partial charge is 0.129 e. The molecule has 2 heterocycles. The van der Waals surface area contributed by atoms with Gasteiger partial charge >= 0.3 is 0 Å². The fourth-order valence-corrected chi connectivity index (χ4v) is 6.59. The van der Waals surface area contributed by atoms with Gasteiger partial charge in [0.2, 0.25) is 0 Å². The Morgan fingerprint density at radius 2 is 1.59 bits per heavy atom. The molecular formula is C39H64N2O2S. The highest BCUT2D eigenvalue weighted by atomic mass is 32.2. The van der Waals surface area contributed by atoms with Gasteiger partial charge in [-0.1, -0.05) is 101 Å². The van der Waals surface area contributed by atoms with Crippen molar-refractivity contribution in [1.29, 1.82) is 0 Å². The molecule has 248 valence electrons. The minimum atomic E-state index is -1.10. The second-order valence-electron chi connectivity index (χ2n) is 11.8. The maximum absolute atomic E-state index is 13.2. The average molecular weight is 625 g/mol. The van der Waals surface area contributed by atoms with Crippen LogP contribution in [0.1, 0.15) is 135 Å². The third kappa shape index (κ3) is 17.2. The maximum Gasteiger partial charge on any atom is 0.129 e. The Labute approximate surface area is 274 Å². The van der Waals surface area contributed by atoms with Gasteiger partial charge in [-0.15, -0.1) is 0 Å². The molecule has 1 aromatic heterocycles. The standard InChI is InChI=1S/C19H29NO2S.C14H19N.C4H10.C2H6/c1-14-12-15(2)19(16(3)13-14)23(22)20-11-6-5-9-18(20)10-7-8-17(4)21;1-4-12(2)7-8-13(3)10-14-6-5-9-15-11-14;1-3-4-2;1-2/h12-13,18H,5-11H2,1-4H3;5-9,11H,4,10H2,1-3H3;3-4H2,1-2H3;1-2H3/b;12-7+,13-8+;;. The van der Waals surface area contributed by atoms with Gasteiger partial charge in [0, 0.05) is 31.4 Å². The summed E-state index contributed by atoms with van der Waals surface area (Å²) >= 11 is 0. The van der Waals surface area contributed by atoms with E-state index >= 15 is 0 Å². The zero-order valence-corrected chi connectivity index (χ0v) is 30.9. The van der Waals surface area contributed by atoms with E-state index < -0.39 is 11.0 Å². The summed E-state index contributed by atoms with van der Waals surface area (Å²) in [6.45, 7) is 23.6. The molecule has 0 spiro atoms. The molecule has 1 saturated heterocycles. The van der Waals surface area contributed by atoms with E-state index in [1.165, 1.54) is 41.5 Å². The summed E-state index contributed by atoms with van der Waals surface area (Å²) in [4.78, 5) is 16.3. The zero-order chi connectivity index (χ0) is 33.5. The molecule has 44 heavy (non-hydrogen) atoms. The first-order valence-corrected chi connectivity index (χ1v) is 18.1. The van der Waals surface area contributed by atoms with Gasteiger partial charge in [0.05, 0.1) is 4.90 Å². The van der Waals surface area contributed by atoms with Crippen LogP contribution in [0.2, 0.25) is 0 Å². The van der Waals surface area contributed by atoms with Gasteiger partial charge in [0.1, 0.15) is 16.8 Å². The van der Waals surface area contributed by atoms with E-state index in [0.29, 0.717) is 12.5 Å². The largest absolute Gasteiger partial charge is 0.300 e. The van der Waals surface area contributed by atoms with E-state index in [-0.39, 0.29) is 5.78 Å². The molecule has 0 aliphatic carbocycles. The first-order chi connectivity index (χ1) is 21.0. The molecule has 1 aliphatic heterocycles. The molecule has 2 unspecified atom stereocenters. The number of aryl methyl sites for hydroxylation is 3. The van der Waals surface area contributed by atoms with Crippen LogP contribution in [0.4, 0.5) is 0 Å². The lowest BCUT2D eigenvalue weighted by Gasteiger charge is -2.35. The Balaban J connectivity index is 0.000000756. The van der Waals surface area contributed by atoms with Crippen molar-refractivity contribution in [3.05, 3.63) is 82.2 Å². The third-order valence-corrected chi connectivity index (χ3v) is 9.45. The van der Waals surface area contributed by atoms with Crippen molar-refractivity contribution in [2.24, 2.45) is 0 Å². The second kappa shape index (κ2) is 24.9. The van der Waals surface area contributed by atoms with Gasteiger partial charge in [-0.2, -0.15) is 0 Å². The highest BCUT2D eigenvalue weighted by Gasteiger charge is 2.29. The number of carbonyl (C=O) groups is 1. The van der Waals surface area contributed by atoms with Crippen molar-refractivity contribution in [1.82, 2.24) is 9.29 Å². The van der Waals surface area contributed by atoms with Crippen LogP contribution >= 0.6 is 0 Å². The van der Waals surface area contributed by atoms with Gasteiger partial charge < -0.3 is 4.79 Å². The van der Waals surface area contributed by atoms with E-state index in [1.807, 2.05) is 32.3 Å². The molecule has 3 rings (SSSR count). The summed E-state index contributed by atoms with van der Waals surface area (Å²) < 4.78 is 15.4. The van der Waals surface area contributed by atoms with E-state index in [2.05, 4.69) is 95.0 Å². The Morgan fingerprint density at radius 1 is 0.977 bits per heavy atom. The normalized spacial score (nSPS) is 15.9. The van der Waals surface area contributed by atoms with Crippen molar-refractivity contribution in [2.45, 2.75) is 151 Å². The highest BCUT2D eigenvalue weighted by molar-refractivity contribution is 7.82. The van der Waals surface area contributed by atoms with E-state index in [4.69, 9.17) is 0 Å². The van der Waals surface area contributed by atoms with Crippen LogP contribution in [-0.4, -0.2) is 31.9 Å². The predicted molar refractivity (Wildman–Crippen MR) is 194 cm³/mol.